The predicted octanol–water partition coefficient (Wildman–Crippen LogP) is 4.85. The van der Waals surface area contributed by atoms with Gasteiger partial charge in [0, 0.05) is 22.9 Å². The van der Waals surface area contributed by atoms with Gasteiger partial charge in [0.25, 0.3) is 0 Å². The third-order valence-electron chi connectivity index (χ3n) is 3.20. The average molecular weight is 315 g/mol. The summed E-state index contributed by atoms with van der Waals surface area (Å²) in [7, 11) is 0. The van der Waals surface area contributed by atoms with Gasteiger partial charge in [-0.1, -0.05) is 34.1 Å². The number of aromatic nitrogens is 1. The number of halogens is 1. The average Bonchev–Trinajstić information content (AvgIpc) is 2.83. The normalized spacial score (nSPS) is 10.8. The number of nitrogens with one attached hydrogen (secondary N) is 2. The van der Waals surface area contributed by atoms with Crippen molar-refractivity contribution in [3.8, 4) is 0 Å². The van der Waals surface area contributed by atoms with Crippen LogP contribution in [0.3, 0.4) is 0 Å². The van der Waals surface area contributed by atoms with Crippen LogP contribution in [0.15, 0.2) is 53.1 Å². The first-order valence-corrected chi connectivity index (χ1v) is 7.08. The van der Waals surface area contributed by atoms with Crippen molar-refractivity contribution >= 4 is 32.5 Å². The molecule has 0 radical (unpaired) electrons. The molecule has 2 N–H and O–H groups in total. The highest BCUT2D eigenvalue weighted by molar-refractivity contribution is 9.10. The van der Waals surface area contributed by atoms with Gasteiger partial charge in [-0.25, -0.2) is 0 Å². The molecule has 19 heavy (non-hydrogen) atoms. The van der Waals surface area contributed by atoms with Gasteiger partial charge in [0.05, 0.1) is 5.52 Å². The van der Waals surface area contributed by atoms with Crippen LogP contribution in [0.25, 0.3) is 10.9 Å². The lowest BCUT2D eigenvalue weighted by molar-refractivity contribution is 1.15. The van der Waals surface area contributed by atoms with Crippen molar-refractivity contribution in [1.82, 2.24) is 4.98 Å². The Morgan fingerprint density at radius 2 is 2.05 bits per heavy atom. The summed E-state index contributed by atoms with van der Waals surface area (Å²) in [4.78, 5) is 3.30. The van der Waals surface area contributed by atoms with Crippen LogP contribution in [0.4, 0.5) is 5.69 Å². The maximum atomic E-state index is 3.53. The van der Waals surface area contributed by atoms with E-state index in [1.54, 1.807) is 0 Å². The number of para-hydroxylation sites is 1. The zero-order valence-corrected chi connectivity index (χ0v) is 12.3. The molecule has 0 atom stereocenters. The largest absolute Gasteiger partial charge is 0.381 e. The number of hydrogen-bond donors (Lipinski definition) is 2. The van der Waals surface area contributed by atoms with Crippen LogP contribution >= 0.6 is 15.9 Å². The molecule has 0 unspecified atom stereocenters. The van der Waals surface area contributed by atoms with Crippen LogP contribution in [0.5, 0.6) is 0 Å². The van der Waals surface area contributed by atoms with E-state index in [9.17, 15) is 0 Å². The highest BCUT2D eigenvalue weighted by Crippen LogP contribution is 2.21. The van der Waals surface area contributed by atoms with Gasteiger partial charge in [0.2, 0.25) is 0 Å². The molecule has 0 spiro atoms. The molecule has 0 aliphatic carbocycles. The molecule has 0 aliphatic heterocycles. The van der Waals surface area contributed by atoms with Crippen LogP contribution in [0.1, 0.15) is 11.1 Å². The number of fused-ring (bicyclic) bond motifs is 1. The van der Waals surface area contributed by atoms with Crippen molar-refractivity contribution in [3.05, 3.63) is 64.3 Å². The molecular weight excluding hydrogens is 300 g/mol. The first kappa shape index (κ1) is 12.3. The Labute approximate surface area is 121 Å². The smallest absolute Gasteiger partial charge is 0.0504 e. The zero-order valence-electron chi connectivity index (χ0n) is 10.7. The van der Waals surface area contributed by atoms with Gasteiger partial charge in [-0.05, 0) is 47.7 Å². The van der Waals surface area contributed by atoms with E-state index in [-0.39, 0.29) is 0 Å². The highest BCUT2D eigenvalue weighted by atomic mass is 79.9. The SMILES string of the molecule is Cc1cc(Br)cc(NCc2cccc3cc[nH]c23)c1. The summed E-state index contributed by atoms with van der Waals surface area (Å²) in [5.41, 5.74) is 4.87. The predicted molar refractivity (Wildman–Crippen MR) is 84.5 cm³/mol. The summed E-state index contributed by atoms with van der Waals surface area (Å²) < 4.78 is 1.10. The number of rotatable bonds is 3. The highest BCUT2D eigenvalue weighted by Gasteiger charge is 2.02. The third kappa shape index (κ3) is 2.66. The van der Waals surface area contributed by atoms with Crippen molar-refractivity contribution in [2.45, 2.75) is 13.5 Å². The minimum Gasteiger partial charge on any atom is -0.381 e. The van der Waals surface area contributed by atoms with Gasteiger partial charge in [-0.3, -0.25) is 0 Å². The number of benzene rings is 2. The lowest BCUT2D eigenvalue weighted by Gasteiger charge is -2.09. The molecule has 0 bridgehead atoms. The molecule has 0 saturated carbocycles. The van der Waals surface area contributed by atoms with Crippen LogP contribution in [0.2, 0.25) is 0 Å². The number of anilines is 1. The molecule has 3 rings (SSSR count). The Kier molecular flexibility index (Phi) is 3.30. The van der Waals surface area contributed by atoms with Gasteiger partial charge in [0.15, 0.2) is 0 Å². The molecule has 0 amide bonds. The third-order valence-corrected chi connectivity index (χ3v) is 3.66. The second-order valence-electron chi connectivity index (χ2n) is 4.73. The Balaban J connectivity index is 1.84. The van der Waals surface area contributed by atoms with E-state index in [1.807, 2.05) is 6.20 Å². The van der Waals surface area contributed by atoms with E-state index in [0.717, 1.165) is 16.7 Å². The first-order valence-electron chi connectivity index (χ1n) is 6.28. The maximum Gasteiger partial charge on any atom is 0.0504 e. The molecule has 1 aromatic heterocycles. The summed E-state index contributed by atoms with van der Waals surface area (Å²) >= 11 is 3.53. The van der Waals surface area contributed by atoms with E-state index in [4.69, 9.17) is 0 Å². The number of hydrogen-bond acceptors (Lipinski definition) is 1. The number of aryl methyl sites for hydroxylation is 1. The molecule has 1 heterocycles. The number of aromatic amines is 1. The maximum absolute atomic E-state index is 3.53. The molecule has 96 valence electrons. The first-order chi connectivity index (χ1) is 9.22. The molecule has 3 heteroatoms. The van der Waals surface area contributed by atoms with Gasteiger partial charge in [-0.15, -0.1) is 0 Å². The van der Waals surface area contributed by atoms with Crippen LogP contribution in [-0.4, -0.2) is 4.98 Å². The molecule has 0 fully saturated rings. The minimum atomic E-state index is 0.813. The van der Waals surface area contributed by atoms with Crippen LogP contribution in [-0.2, 0) is 6.54 Å². The standard InChI is InChI=1S/C16H15BrN2/c1-11-7-14(17)9-15(8-11)19-10-13-4-2-3-12-5-6-18-16(12)13/h2-9,18-19H,10H2,1H3. The summed E-state index contributed by atoms with van der Waals surface area (Å²) in [6.07, 6.45) is 1.98. The molecular formula is C16H15BrN2. The summed E-state index contributed by atoms with van der Waals surface area (Å²) in [5, 5.41) is 4.73. The fraction of sp³-hybridized carbons (Fsp3) is 0.125. The van der Waals surface area contributed by atoms with E-state index < -0.39 is 0 Å². The van der Waals surface area contributed by atoms with Gasteiger partial charge in [-0.2, -0.15) is 0 Å². The van der Waals surface area contributed by atoms with Gasteiger partial charge < -0.3 is 10.3 Å². The topological polar surface area (TPSA) is 27.8 Å². The summed E-state index contributed by atoms with van der Waals surface area (Å²) in [6, 6.07) is 14.8. The fourth-order valence-electron chi connectivity index (χ4n) is 2.33. The Hall–Kier alpha value is -1.74. The quantitative estimate of drug-likeness (QED) is 0.710. The number of H-pyrrole nitrogens is 1. The summed E-state index contributed by atoms with van der Waals surface area (Å²) in [5.74, 6) is 0. The van der Waals surface area contributed by atoms with Gasteiger partial charge in [0.1, 0.15) is 0 Å². The molecule has 0 saturated heterocycles. The zero-order chi connectivity index (χ0) is 13.2. The monoisotopic (exact) mass is 314 g/mol. The molecule has 0 aliphatic rings. The minimum absolute atomic E-state index is 0.813. The Bertz CT molecular complexity index is 695. The van der Waals surface area contributed by atoms with E-state index >= 15 is 0 Å². The lowest BCUT2D eigenvalue weighted by atomic mass is 10.1. The van der Waals surface area contributed by atoms with Crippen LogP contribution in [0, 0.1) is 6.92 Å². The fourth-order valence-corrected chi connectivity index (χ4v) is 2.94. The van der Waals surface area contributed by atoms with Crippen molar-refractivity contribution in [2.24, 2.45) is 0 Å². The molecule has 2 aromatic carbocycles. The second-order valence-corrected chi connectivity index (χ2v) is 5.65. The summed E-state index contributed by atoms with van der Waals surface area (Å²) in [6.45, 7) is 2.91. The Morgan fingerprint density at radius 1 is 1.16 bits per heavy atom. The Morgan fingerprint density at radius 3 is 2.89 bits per heavy atom. The van der Waals surface area contributed by atoms with E-state index in [0.29, 0.717) is 0 Å². The van der Waals surface area contributed by atoms with Crippen LogP contribution < -0.4 is 5.32 Å². The van der Waals surface area contributed by atoms with Gasteiger partial charge >= 0.3 is 0 Å². The van der Waals surface area contributed by atoms with E-state index in [2.05, 4.69) is 75.6 Å². The van der Waals surface area contributed by atoms with Crippen molar-refractivity contribution in [2.75, 3.05) is 5.32 Å². The second kappa shape index (κ2) is 5.10. The molecule has 3 aromatic rings. The van der Waals surface area contributed by atoms with Crippen molar-refractivity contribution < 1.29 is 0 Å². The van der Waals surface area contributed by atoms with Crippen molar-refractivity contribution in [3.63, 3.8) is 0 Å². The van der Waals surface area contributed by atoms with E-state index in [1.165, 1.54) is 22.0 Å². The van der Waals surface area contributed by atoms with Crippen molar-refractivity contribution in [1.29, 1.82) is 0 Å². The molecule has 2 nitrogen and oxygen atoms in total. The lowest BCUT2D eigenvalue weighted by Crippen LogP contribution is -2.00.